The summed E-state index contributed by atoms with van der Waals surface area (Å²) in [5.41, 5.74) is 7.62. The maximum absolute atomic E-state index is 12.3. The number of carbonyl (C=O) groups is 2. The number of likely N-dealkylation sites (tertiary alicyclic amines) is 1. The minimum Gasteiger partial charge on any atom is -0.466 e. The smallest absolute Gasteiger partial charge is 0.306 e. The number of nitrogens with two attached hydrogens (primary N) is 1. The number of esters is 1. The van der Waals surface area contributed by atoms with E-state index in [9.17, 15) is 9.59 Å². The van der Waals surface area contributed by atoms with Crippen LogP contribution < -0.4 is 5.73 Å². The van der Waals surface area contributed by atoms with Crippen LogP contribution in [0.2, 0.25) is 0 Å². The summed E-state index contributed by atoms with van der Waals surface area (Å²) in [7, 11) is 0. The van der Waals surface area contributed by atoms with E-state index in [0.717, 1.165) is 11.3 Å². The highest BCUT2D eigenvalue weighted by Gasteiger charge is 2.43. The number of nitrogens with zero attached hydrogens (tertiary/aromatic N) is 2. The van der Waals surface area contributed by atoms with Gasteiger partial charge >= 0.3 is 5.97 Å². The van der Waals surface area contributed by atoms with Gasteiger partial charge in [0.1, 0.15) is 11.4 Å². The number of nitrogens with one attached hydrogen (secondary N) is 1. The monoisotopic (exact) mass is 386 g/mol. The van der Waals surface area contributed by atoms with E-state index in [-0.39, 0.29) is 36.2 Å². The summed E-state index contributed by atoms with van der Waals surface area (Å²) in [4.78, 5) is 31.3. The van der Waals surface area contributed by atoms with Crippen molar-refractivity contribution in [2.75, 3.05) is 19.7 Å². The SMILES string of the molecule is CCOC(=O)CCC(=O)N1CCC2(CC1)CC(c1ccc(C(=N)N)cc1)=NO2. The average Bonchev–Trinajstić information content (AvgIpc) is 3.10. The molecule has 1 aromatic carbocycles. The Labute approximate surface area is 164 Å². The number of rotatable bonds is 6. The van der Waals surface area contributed by atoms with Crippen LogP contribution in [0.25, 0.3) is 0 Å². The van der Waals surface area contributed by atoms with Crippen molar-refractivity contribution in [1.29, 1.82) is 5.41 Å². The number of hydrogen-bond donors (Lipinski definition) is 2. The zero-order valence-electron chi connectivity index (χ0n) is 16.1. The quantitative estimate of drug-likeness (QED) is 0.439. The van der Waals surface area contributed by atoms with Gasteiger partial charge in [0.15, 0.2) is 0 Å². The Bertz CT molecular complexity index is 780. The lowest BCUT2D eigenvalue weighted by molar-refractivity contribution is -0.147. The van der Waals surface area contributed by atoms with Gasteiger partial charge in [-0.15, -0.1) is 0 Å². The molecule has 0 radical (unpaired) electrons. The largest absolute Gasteiger partial charge is 0.466 e. The summed E-state index contributed by atoms with van der Waals surface area (Å²) in [6, 6.07) is 7.39. The van der Waals surface area contributed by atoms with Gasteiger partial charge in [-0.2, -0.15) is 0 Å². The van der Waals surface area contributed by atoms with Crippen LogP contribution in [0.4, 0.5) is 0 Å². The number of piperidine rings is 1. The van der Waals surface area contributed by atoms with E-state index in [1.807, 2.05) is 12.1 Å². The molecule has 8 nitrogen and oxygen atoms in total. The van der Waals surface area contributed by atoms with Crippen molar-refractivity contribution in [3.63, 3.8) is 0 Å². The molecule has 0 saturated carbocycles. The number of nitrogen functional groups attached to an aromatic ring is 1. The maximum atomic E-state index is 12.3. The van der Waals surface area contributed by atoms with Gasteiger partial charge in [0, 0.05) is 44.3 Å². The first-order chi connectivity index (χ1) is 13.4. The second-order valence-corrected chi connectivity index (χ2v) is 7.17. The van der Waals surface area contributed by atoms with Crippen molar-refractivity contribution in [3.8, 4) is 0 Å². The van der Waals surface area contributed by atoms with E-state index in [4.69, 9.17) is 20.7 Å². The maximum Gasteiger partial charge on any atom is 0.306 e. The Morgan fingerprint density at radius 3 is 2.54 bits per heavy atom. The van der Waals surface area contributed by atoms with Crippen LogP contribution >= 0.6 is 0 Å². The first-order valence-electron chi connectivity index (χ1n) is 9.56. The van der Waals surface area contributed by atoms with Gasteiger partial charge in [-0.25, -0.2) is 0 Å². The van der Waals surface area contributed by atoms with Crippen molar-refractivity contribution in [1.82, 2.24) is 4.90 Å². The van der Waals surface area contributed by atoms with E-state index in [1.54, 1.807) is 24.0 Å². The fraction of sp³-hybridized carbons (Fsp3) is 0.500. The molecule has 3 rings (SSSR count). The molecule has 1 fully saturated rings. The Hall–Kier alpha value is -2.90. The van der Waals surface area contributed by atoms with Crippen molar-refractivity contribution in [3.05, 3.63) is 35.4 Å². The fourth-order valence-corrected chi connectivity index (χ4v) is 3.55. The lowest BCUT2D eigenvalue weighted by Gasteiger charge is -2.37. The van der Waals surface area contributed by atoms with Crippen molar-refractivity contribution < 1.29 is 19.2 Å². The van der Waals surface area contributed by atoms with Gasteiger partial charge < -0.3 is 20.2 Å². The van der Waals surface area contributed by atoms with Gasteiger partial charge in [-0.05, 0) is 12.5 Å². The van der Waals surface area contributed by atoms with Crippen LogP contribution in [0.3, 0.4) is 0 Å². The summed E-state index contributed by atoms with van der Waals surface area (Å²) in [6.07, 6.45) is 2.40. The Morgan fingerprint density at radius 2 is 1.93 bits per heavy atom. The molecule has 0 bridgehead atoms. The molecular formula is C20H26N4O4. The second-order valence-electron chi connectivity index (χ2n) is 7.17. The van der Waals surface area contributed by atoms with E-state index < -0.39 is 0 Å². The van der Waals surface area contributed by atoms with Crippen LogP contribution in [-0.2, 0) is 19.2 Å². The normalized spacial score (nSPS) is 17.8. The molecule has 28 heavy (non-hydrogen) atoms. The van der Waals surface area contributed by atoms with E-state index in [2.05, 4.69) is 5.16 Å². The Morgan fingerprint density at radius 1 is 1.25 bits per heavy atom. The van der Waals surface area contributed by atoms with E-state index >= 15 is 0 Å². The molecule has 2 aliphatic heterocycles. The third-order valence-corrected chi connectivity index (χ3v) is 5.24. The van der Waals surface area contributed by atoms with Crippen LogP contribution in [0.1, 0.15) is 50.2 Å². The molecule has 0 atom stereocenters. The summed E-state index contributed by atoms with van der Waals surface area (Å²) in [6.45, 7) is 3.26. The van der Waals surface area contributed by atoms with Gasteiger partial charge in [-0.1, -0.05) is 29.4 Å². The first kappa shape index (κ1) is 19.9. The van der Waals surface area contributed by atoms with Crippen molar-refractivity contribution in [2.24, 2.45) is 10.9 Å². The van der Waals surface area contributed by atoms with Crippen LogP contribution in [0.15, 0.2) is 29.4 Å². The highest BCUT2D eigenvalue weighted by molar-refractivity contribution is 6.03. The number of hydrogen-bond acceptors (Lipinski definition) is 6. The minimum atomic E-state index is -0.369. The Kier molecular flexibility index (Phi) is 5.96. The number of amidine groups is 1. The number of carbonyl (C=O) groups excluding carboxylic acids is 2. The molecule has 0 aliphatic carbocycles. The number of oxime groups is 1. The molecule has 150 valence electrons. The third kappa shape index (κ3) is 4.49. The number of ether oxygens (including phenoxy) is 1. The molecule has 0 aromatic heterocycles. The van der Waals surface area contributed by atoms with Gasteiger partial charge in [-0.3, -0.25) is 15.0 Å². The predicted molar refractivity (Wildman–Crippen MR) is 104 cm³/mol. The van der Waals surface area contributed by atoms with Gasteiger partial charge in [0.2, 0.25) is 5.91 Å². The molecule has 1 amide bonds. The zero-order valence-corrected chi connectivity index (χ0v) is 16.1. The first-order valence-corrected chi connectivity index (χ1v) is 9.56. The summed E-state index contributed by atoms with van der Waals surface area (Å²) >= 11 is 0. The third-order valence-electron chi connectivity index (χ3n) is 5.24. The predicted octanol–water partition coefficient (Wildman–Crippen LogP) is 1.80. The molecule has 2 heterocycles. The zero-order chi connectivity index (χ0) is 20.1. The minimum absolute atomic E-state index is 0.0261. The molecule has 1 aromatic rings. The summed E-state index contributed by atoms with van der Waals surface area (Å²) in [5, 5.41) is 11.7. The highest BCUT2D eigenvalue weighted by atomic mass is 16.7. The molecule has 8 heteroatoms. The van der Waals surface area contributed by atoms with E-state index in [0.29, 0.717) is 44.5 Å². The summed E-state index contributed by atoms with van der Waals surface area (Å²) < 4.78 is 4.87. The lowest BCUT2D eigenvalue weighted by atomic mass is 9.85. The average molecular weight is 386 g/mol. The van der Waals surface area contributed by atoms with Gasteiger partial charge in [0.25, 0.3) is 0 Å². The fourth-order valence-electron chi connectivity index (χ4n) is 3.55. The Balaban J connectivity index is 1.50. The molecule has 1 spiro atoms. The standard InChI is InChI=1S/C20H26N4O4/c1-2-27-18(26)8-7-17(25)24-11-9-20(10-12-24)13-16(23-28-20)14-3-5-15(6-4-14)19(21)22/h3-6H,2,7-13H2,1H3,(H3,21,22). The molecule has 2 aliphatic rings. The van der Waals surface area contributed by atoms with Gasteiger partial charge in [0.05, 0.1) is 18.7 Å². The topological polar surface area (TPSA) is 118 Å². The highest BCUT2D eigenvalue weighted by Crippen LogP contribution is 2.36. The number of benzene rings is 1. The molecular weight excluding hydrogens is 360 g/mol. The second kappa shape index (κ2) is 8.41. The molecule has 3 N–H and O–H groups in total. The van der Waals surface area contributed by atoms with Crippen LogP contribution in [0, 0.1) is 5.41 Å². The number of amides is 1. The molecule has 1 saturated heterocycles. The van der Waals surface area contributed by atoms with Crippen molar-refractivity contribution >= 4 is 23.4 Å². The van der Waals surface area contributed by atoms with Crippen LogP contribution in [0.5, 0.6) is 0 Å². The van der Waals surface area contributed by atoms with Crippen molar-refractivity contribution in [2.45, 2.75) is 44.6 Å². The van der Waals surface area contributed by atoms with E-state index in [1.165, 1.54) is 0 Å². The van der Waals surface area contributed by atoms with Crippen LogP contribution in [-0.4, -0.2) is 53.6 Å². The molecule has 0 unspecified atom stereocenters. The lowest BCUT2D eigenvalue weighted by Crippen LogP contribution is -2.46. The summed E-state index contributed by atoms with van der Waals surface area (Å²) in [5.74, 6) is -0.327.